The SMILES string of the molecule is NC1[C@H](OCCCCCS)OC[C@](O)(CO)[C@@H]1O. The van der Waals surface area contributed by atoms with Gasteiger partial charge in [0.15, 0.2) is 6.29 Å². The van der Waals surface area contributed by atoms with E-state index in [1.807, 2.05) is 0 Å². The van der Waals surface area contributed by atoms with Crippen LogP contribution in [-0.2, 0) is 9.47 Å². The Hall–Kier alpha value is 0.110. The number of rotatable bonds is 7. The van der Waals surface area contributed by atoms with Crippen molar-refractivity contribution in [2.24, 2.45) is 5.73 Å². The van der Waals surface area contributed by atoms with Gasteiger partial charge in [-0.2, -0.15) is 12.6 Å². The first-order valence-electron chi connectivity index (χ1n) is 6.16. The molecule has 0 saturated carbocycles. The predicted octanol–water partition coefficient (Wildman–Crippen LogP) is -1.13. The van der Waals surface area contributed by atoms with Crippen LogP contribution >= 0.6 is 12.6 Å². The summed E-state index contributed by atoms with van der Waals surface area (Å²) in [4.78, 5) is 0. The normalized spacial score (nSPS) is 36.8. The van der Waals surface area contributed by atoms with Gasteiger partial charge in [-0.15, -0.1) is 0 Å². The van der Waals surface area contributed by atoms with Crippen LogP contribution < -0.4 is 5.73 Å². The molecule has 1 rings (SSSR count). The molecule has 5 N–H and O–H groups in total. The van der Waals surface area contributed by atoms with Crippen LogP contribution in [-0.4, -0.2) is 64.9 Å². The third-order valence-electron chi connectivity index (χ3n) is 3.09. The summed E-state index contributed by atoms with van der Waals surface area (Å²) in [5, 5.41) is 28.6. The Balaban J connectivity index is 2.32. The van der Waals surface area contributed by atoms with Gasteiger partial charge in [-0.25, -0.2) is 0 Å². The van der Waals surface area contributed by atoms with E-state index < -0.39 is 30.6 Å². The maximum absolute atomic E-state index is 9.81. The van der Waals surface area contributed by atoms with Gasteiger partial charge in [-0.05, 0) is 18.6 Å². The zero-order valence-electron chi connectivity index (χ0n) is 10.4. The Morgan fingerprint density at radius 3 is 2.72 bits per heavy atom. The molecule has 1 heterocycles. The van der Waals surface area contributed by atoms with Gasteiger partial charge in [0.1, 0.15) is 11.7 Å². The molecular weight excluding hydrogens is 258 g/mol. The minimum atomic E-state index is -1.70. The van der Waals surface area contributed by atoms with Crippen molar-refractivity contribution in [3.05, 3.63) is 0 Å². The average molecular weight is 281 g/mol. The van der Waals surface area contributed by atoms with Crippen molar-refractivity contribution < 1.29 is 24.8 Å². The van der Waals surface area contributed by atoms with Crippen LogP contribution in [0, 0.1) is 0 Å². The fourth-order valence-electron chi connectivity index (χ4n) is 1.82. The van der Waals surface area contributed by atoms with Crippen LogP contribution in [0.1, 0.15) is 19.3 Å². The van der Waals surface area contributed by atoms with Crippen molar-refractivity contribution in [2.75, 3.05) is 25.6 Å². The number of thiol groups is 1. The van der Waals surface area contributed by atoms with Gasteiger partial charge in [0.05, 0.1) is 19.3 Å². The molecule has 0 aromatic carbocycles. The van der Waals surface area contributed by atoms with E-state index >= 15 is 0 Å². The maximum atomic E-state index is 9.81. The number of nitrogens with two attached hydrogens (primary N) is 1. The molecule has 0 spiro atoms. The van der Waals surface area contributed by atoms with E-state index in [9.17, 15) is 10.2 Å². The van der Waals surface area contributed by atoms with Gasteiger partial charge in [0.2, 0.25) is 0 Å². The monoisotopic (exact) mass is 281 g/mol. The fraction of sp³-hybridized carbons (Fsp3) is 1.00. The molecular formula is C11H23NO5S. The minimum absolute atomic E-state index is 0.195. The van der Waals surface area contributed by atoms with E-state index in [2.05, 4.69) is 12.6 Å². The number of ether oxygens (including phenoxy) is 2. The largest absolute Gasteiger partial charge is 0.393 e. The van der Waals surface area contributed by atoms with Crippen molar-refractivity contribution in [1.82, 2.24) is 0 Å². The van der Waals surface area contributed by atoms with Crippen LogP contribution in [0.4, 0.5) is 0 Å². The van der Waals surface area contributed by atoms with E-state index in [0.29, 0.717) is 6.61 Å². The molecule has 1 aliphatic heterocycles. The summed E-state index contributed by atoms with van der Waals surface area (Å²) in [6.45, 7) is -0.313. The number of aliphatic hydroxyl groups is 3. The maximum Gasteiger partial charge on any atom is 0.175 e. The highest BCUT2D eigenvalue weighted by Gasteiger charge is 2.47. The summed E-state index contributed by atoms with van der Waals surface area (Å²) in [6.07, 6.45) is 0.889. The zero-order chi connectivity index (χ0) is 13.6. The smallest absolute Gasteiger partial charge is 0.175 e. The van der Waals surface area contributed by atoms with E-state index in [-0.39, 0.29) is 6.61 Å². The minimum Gasteiger partial charge on any atom is -0.393 e. The first-order valence-corrected chi connectivity index (χ1v) is 6.79. The Morgan fingerprint density at radius 2 is 2.11 bits per heavy atom. The molecule has 4 atom stereocenters. The Morgan fingerprint density at radius 1 is 1.39 bits per heavy atom. The molecule has 0 bridgehead atoms. The van der Waals surface area contributed by atoms with Crippen LogP contribution in [0.2, 0.25) is 0 Å². The van der Waals surface area contributed by atoms with Gasteiger partial charge in [0, 0.05) is 6.61 Å². The molecule has 1 saturated heterocycles. The summed E-state index contributed by atoms with van der Waals surface area (Å²) in [5.74, 6) is 0.849. The van der Waals surface area contributed by atoms with Crippen LogP contribution in [0.3, 0.4) is 0 Å². The van der Waals surface area contributed by atoms with E-state index in [4.69, 9.17) is 20.3 Å². The third kappa shape index (κ3) is 4.06. The molecule has 0 radical (unpaired) electrons. The predicted molar refractivity (Wildman–Crippen MR) is 69.4 cm³/mol. The Kier molecular flexibility index (Phi) is 6.86. The molecule has 108 valence electrons. The van der Waals surface area contributed by atoms with Crippen molar-refractivity contribution >= 4 is 12.6 Å². The van der Waals surface area contributed by atoms with Gasteiger partial charge in [0.25, 0.3) is 0 Å². The second-order valence-electron chi connectivity index (χ2n) is 4.62. The molecule has 1 aliphatic rings. The number of hydrogen-bond acceptors (Lipinski definition) is 7. The summed E-state index contributed by atoms with van der Waals surface area (Å²) >= 11 is 4.11. The van der Waals surface area contributed by atoms with Gasteiger partial charge in [-0.1, -0.05) is 6.42 Å². The highest BCUT2D eigenvalue weighted by molar-refractivity contribution is 7.80. The van der Waals surface area contributed by atoms with E-state index in [1.165, 1.54) is 0 Å². The van der Waals surface area contributed by atoms with Gasteiger partial charge < -0.3 is 30.5 Å². The van der Waals surface area contributed by atoms with Crippen molar-refractivity contribution in [1.29, 1.82) is 0 Å². The molecule has 7 heteroatoms. The molecule has 0 aliphatic carbocycles. The quantitative estimate of drug-likeness (QED) is 0.299. The van der Waals surface area contributed by atoms with Gasteiger partial charge >= 0.3 is 0 Å². The van der Waals surface area contributed by atoms with Crippen LogP contribution in [0.15, 0.2) is 0 Å². The lowest BCUT2D eigenvalue weighted by Gasteiger charge is -2.42. The second-order valence-corrected chi connectivity index (χ2v) is 5.07. The van der Waals surface area contributed by atoms with Gasteiger partial charge in [-0.3, -0.25) is 0 Å². The lowest BCUT2D eigenvalue weighted by atomic mass is 9.90. The molecule has 1 unspecified atom stereocenters. The third-order valence-corrected chi connectivity index (χ3v) is 3.40. The van der Waals surface area contributed by atoms with Crippen LogP contribution in [0.25, 0.3) is 0 Å². The second kappa shape index (κ2) is 7.64. The highest BCUT2D eigenvalue weighted by Crippen LogP contribution is 2.23. The molecule has 0 aromatic heterocycles. The summed E-state index contributed by atoms with van der Waals surface area (Å²) in [5.41, 5.74) is 4.03. The number of hydrogen-bond donors (Lipinski definition) is 5. The molecule has 1 fully saturated rings. The summed E-state index contributed by atoms with van der Waals surface area (Å²) in [6, 6.07) is -0.874. The van der Waals surface area contributed by atoms with E-state index in [0.717, 1.165) is 25.0 Å². The average Bonchev–Trinajstić information content (AvgIpc) is 2.38. The molecule has 6 nitrogen and oxygen atoms in total. The summed E-state index contributed by atoms with van der Waals surface area (Å²) in [7, 11) is 0. The Labute approximate surface area is 112 Å². The zero-order valence-corrected chi connectivity index (χ0v) is 11.3. The van der Waals surface area contributed by atoms with Crippen molar-refractivity contribution in [3.8, 4) is 0 Å². The van der Waals surface area contributed by atoms with Crippen molar-refractivity contribution in [2.45, 2.75) is 43.3 Å². The molecule has 0 aromatic rings. The Bertz CT molecular complexity index is 245. The topological polar surface area (TPSA) is 105 Å². The standard InChI is InChI=1S/C11H23NO5S/c12-8-9(14)11(15,6-13)7-17-10(8)16-4-2-1-3-5-18/h8-10,13-15,18H,1-7,12H2/t8?,9-,10-,11-/m1/s1. The lowest BCUT2D eigenvalue weighted by molar-refractivity contribution is -0.267. The fourth-order valence-corrected chi connectivity index (χ4v) is 2.04. The van der Waals surface area contributed by atoms with E-state index in [1.54, 1.807) is 0 Å². The summed E-state index contributed by atoms with van der Waals surface area (Å²) < 4.78 is 10.7. The number of unbranched alkanes of at least 4 members (excludes halogenated alkanes) is 2. The first-order chi connectivity index (χ1) is 8.55. The highest BCUT2D eigenvalue weighted by atomic mass is 32.1. The molecule has 0 amide bonds. The lowest BCUT2D eigenvalue weighted by Crippen LogP contribution is -2.66. The molecule has 18 heavy (non-hydrogen) atoms. The first kappa shape index (κ1) is 16.2. The number of aliphatic hydroxyl groups excluding tert-OH is 2. The van der Waals surface area contributed by atoms with Crippen molar-refractivity contribution in [3.63, 3.8) is 0 Å². The van der Waals surface area contributed by atoms with Crippen LogP contribution in [0.5, 0.6) is 0 Å².